The molecule has 1 heterocycles. The van der Waals surface area contributed by atoms with Gasteiger partial charge in [-0.1, -0.05) is 46.3 Å². The number of carbonyl (C=O) groups excluding carboxylic acids is 1. The van der Waals surface area contributed by atoms with E-state index in [1.54, 1.807) is 7.11 Å². The number of carbonyl (C=O) groups is 1. The van der Waals surface area contributed by atoms with Gasteiger partial charge in [0.2, 0.25) is 11.8 Å². The summed E-state index contributed by atoms with van der Waals surface area (Å²) in [6, 6.07) is 19.1. The molecule has 5 heteroatoms. The molecule has 1 atom stereocenters. The Morgan fingerprint density at radius 2 is 1.41 bits per heavy atom. The minimum absolute atomic E-state index is 0.0914. The highest BCUT2D eigenvalue weighted by molar-refractivity contribution is 9.10. The number of halogens is 1. The Hall–Kier alpha value is -2.40. The predicted molar refractivity (Wildman–Crippen MR) is 177 cm³/mol. The average Bonchev–Trinajstić information content (AvgIpc) is 2.98. The number of nitrogens with zero attached hydrogens (tertiary/aromatic N) is 2. The van der Waals surface area contributed by atoms with Crippen molar-refractivity contribution in [2.24, 2.45) is 40.9 Å². The first-order valence-electron chi connectivity index (χ1n) is 17.4. The molecule has 8 aliphatic carbocycles. The number of fused-ring (bicyclic) bond motifs is 1. The number of pyridine rings is 1. The first-order valence-corrected chi connectivity index (χ1v) is 18.2. The molecule has 8 aliphatic rings. The first-order chi connectivity index (χ1) is 21.4. The normalized spacial score (nSPS) is 37.0. The second kappa shape index (κ2) is 10.3. The molecular weight excluding hydrogens is 608 g/mol. The highest BCUT2D eigenvalue weighted by atomic mass is 79.9. The van der Waals surface area contributed by atoms with E-state index in [9.17, 15) is 0 Å². The fourth-order valence-electron chi connectivity index (χ4n) is 12.6. The second-order valence-corrected chi connectivity index (χ2v) is 17.2. The summed E-state index contributed by atoms with van der Waals surface area (Å²) in [6.45, 7) is 0. The molecular formula is C39H45BrN2O2. The Balaban J connectivity index is 1.21. The predicted octanol–water partition coefficient (Wildman–Crippen LogP) is 9.50. The molecule has 1 amide bonds. The van der Waals surface area contributed by atoms with Gasteiger partial charge in [-0.2, -0.15) is 0 Å². The molecule has 44 heavy (non-hydrogen) atoms. The molecule has 0 spiro atoms. The van der Waals surface area contributed by atoms with Crippen molar-refractivity contribution in [3.05, 3.63) is 70.2 Å². The molecule has 8 fully saturated rings. The van der Waals surface area contributed by atoms with Gasteiger partial charge in [0.25, 0.3) is 0 Å². The Bertz CT molecular complexity index is 1530. The van der Waals surface area contributed by atoms with Crippen molar-refractivity contribution < 1.29 is 9.53 Å². The summed E-state index contributed by atoms with van der Waals surface area (Å²) in [6.07, 6.45) is 16.3. The summed E-state index contributed by atoms with van der Waals surface area (Å²) < 4.78 is 7.15. The van der Waals surface area contributed by atoms with Crippen LogP contribution in [0.25, 0.3) is 10.9 Å². The van der Waals surface area contributed by atoms with Crippen molar-refractivity contribution in [3.8, 4) is 5.88 Å². The van der Waals surface area contributed by atoms with Crippen LogP contribution < -0.4 is 4.74 Å². The SMILES string of the molecule is COc1nc2ccc(Br)cc2cc1C(c1ccccc1)N(C(=O)CC12CC3CC(CC(C3)C1)C2)C12CC3CC(CC(C3)C1)C2. The molecule has 0 saturated heterocycles. The Morgan fingerprint density at radius 3 is 1.98 bits per heavy atom. The molecule has 8 saturated carbocycles. The number of amides is 1. The molecule has 1 unspecified atom stereocenters. The maximum atomic E-state index is 15.5. The van der Waals surface area contributed by atoms with Crippen LogP contribution in [0.3, 0.4) is 0 Å². The van der Waals surface area contributed by atoms with Crippen LogP contribution in [0.5, 0.6) is 5.88 Å². The van der Waals surface area contributed by atoms with Crippen molar-refractivity contribution in [3.63, 3.8) is 0 Å². The Labute approximate surface area is 270 Å². The van der Waals surface area contributed by atoms with Crippen molar-refractivity contribution in [2.75, 3.05) is 7.11 Å². The quantitative estimate of drug-likeness (QED) is 0.255. The van der Waals surface area contributed by atoms with Gasteiger partial charge in [0.05, 0.1) is 18.7 Å². The van der Waals surface area contributed by atoms with E-state index >= 15 is 4.79 Å². The minimum atomic E-state index is -0.223. The van der Waals surface area contributed by atoms with Crippen LogP contribution in [0.2, 0.25) is 0 Å². The summed E-state index contributed by atoms with van der Waals surface area (Å²) in [5.41, 5.74) is 3.23. The summed E-state index contributed by atoms with van der Waals surface area (Å²) in [4.78, 5) is 23.1. The third kappa shape index (κ3) is 4.57. The molecule has 0 aliphatic heterocycles. The van der Waals surface area contributed by atoms with E-state index in [0.717, 1.165) is 82.1 Å². The molecule has 1 aromatic heterocycles. The van der Waals surface area contributed by atoms with E-state index in [-0.39, 0.29) is 17.0 Å². The van der Waals surface area contributed by atoms with Gasteiger partial charge in [0.15, 0.2) is 0 Å². The van der Waals surface area contributed by atoms with Crippen LogP contribution in [0, 0.1) is 40.9 Å². The Kier molecular flexibility index (Phi) is 6.53. The van der Waals surface area contributed by atoms with E-state index in [1.807, 2.05) is 6.07 Å². The highest BCUT2D eigenvalue weighted by Gasteiger charge is 2.58. The van der Waals surface area contributed by atoms with Gasteiger partial charge in [0.1, 0.15) is 0 Å². The second-order valence-electron chi connectivity index (χ2n) is 16.2. The number of aromatic nitrogens is 1. The molecule has 11 rings (SSSR count). The number of rotatable bonds is 7. The van der Waals surface area contributed by atoms with E-state index < -0.39 is 0 Å². The van der Waals surface area contributed by atoms with Gasteiger partial charge in [-0.25, -0.2) is 4.98 Å². The smallest absolute Gasteiger partial charge is 0.224 e. The molecule has 4 nitrogen and oxygen atoms in total. The molecule has 3 aromatic rings. The van der Waals surface area contributed by atoms with Crippen molar-refractivity contribution in [2.45, 2.75) is 95.1 Å². The lowest BCUT2D eigenvalue weighted by Gasteiger charge is -2.63. The average molecular weight is 654 g/mol. The van der Waals surface area contributed by atoms with E-state index in [1.165, 1.54) is 63.4 Å². The number of benzene rings is 2. The third-order valence-electron chi connectivity index (χ3n) is 13.1. The Morgan fingerprint density at radius 1 is 0.841 bits per heavy atom. The zero-order chi connectivity index (χ0) is 29.6. The number of ether oxygens (including phenoxy) is 1. The van der Waals surface area contributed by atoms with Gasteiger partial charge < -0.3 is 9.64 Å². The van der Waals surface area contributed by atoms with Gasteiger partial charge in [-0.05, 0) is 148 Å². The highest BCUT2D eigenvalue weighted by Crippen LogP contribution is 2.63. The largest absolute Gasteiger partial charge is 0.481 e. The maximum absolute atomic E-state index is 15.5. The molecule has 0 N–H and O–H groups in total. The van der Waals surface area contributed by atoms with Gasteiger partial charge in [-0.15, -0.1) is 0 Å². The first kappa shape index (κ1) is 27.9. The van der Waals surface area contributed by atoms with E-state index in [4.69, 9.17) is 9.72 Å². The van der Waals surface area contributed by atoms with Crippen LogP contribution in [0.4, 0.5) is 0 Å². The molecule has 0 radical (unpaired) electrons. The summed E-state index contributed by atoms with van der Waals surface area (Å²) in [5, 5.41) is 1.08. The van der Waals surface area contributed by atoms with E-state index in [0.29, 0.717) is 11.8 Å². The number of hydrogen-bond acceptors (Lipinski definition) is 3. The third-order valence-corrected chi connectivity index (χ3v) is 13.6. The standard InChI is InChI=1S/C39H45BrN2O2/c1-44-37-33(16-31-15-32(40)7-8-34(31)41-37)36(30-5-3-2-4-6-30)42(39-20-27-12-28(21-39)14-29(13-27)22-39)35(43)23-38-17-24-9-25(18-38)11-26(10-24)19-38/h2-8,15-16,24-29,36H,9-14,17-23H2,1H3. The van der Waals surface area contributed by atoms with Crippen LogP contribution in [-0.2, 0) is 4.79 Å². The van der Waals surface area contributed by atoms with Crippen molar-refractivity contribution in [1.82, 2.24) is 9.88 Å². The van der Waals surface area contributed by atoms with Crippen LogP contribution in [-0.4, -0.2) is 28.4 Å². The lowest BCUT2D eigenvalue weighted by Crippen LogP contribution is -2.63. The zero-order valence-corrected chi connectivity index (χ0v) is 27.6. The topological polar surface area (TPSA) is 42.4 Å². The van der Waals surface area contributed by atoms with Crippen molar-refractivity contribution in [1.29, 1.82) is 0 Å². The summed E-state index contributed by atoms with van der Waals surface area (Å²) >= 11 is 3.70. The van der Waals surface area contributed by atoms with Crippen LogP contribution >= 0.6 is 15.9 Å². The fourth-order valence-corrected chi connectivity index (χ4v) is 12.9. The summed E-state index contributed by atoms with van der Waals surface area (Å²) in [5.74, 6) is 5.83. The number of methoxy groups -OCH3 is 1. The maximum Gasteiger partial charge on any atom is 0.224 e. The van der Waals surface area contributed by atoms with Gasteiger partial charge in [0, 0.05) is 27.4 Å². The van der Waals surface area contributed by atoms with Gasteiger partial charge in [-0.3, -0.25) is 4.79 Å². The van der Waals surface area contributed by atoms with Crippen LogP contribution in [0.1, 0.15) is 101 Å². The van der Waals surface area contributed by atoms with Crippen LogP contribution in [0.15, 0.2) is 59.1 Å². The minimum Gasteiger partial charge on any atom is -0.481 e. The lowest BCUT2D eigenvalue weighted by molar-refractivity contribution is -0.162. The van der Waals surface area contributed by atoms with Crippen molar-refractivity contribution >= 4 is 32.7 Å². The molecule has 230 valence electrons. The molecule has 2 aromatic carbocycles. The summed E-state index contributed by atoms with van der Waals surface area (Å²) in [7, 11) is 1.74. The number of hydrogen-bond donors (Lipinski definition) is 0. The monoisotopic (exact) mass is 652 g/mol. The zero-order valence-electron chi connectivity index (χ0n) is 26.0. The molecule has 8 bridgehead atoms. The fraction of sp³-hybridized carbons (Fsp3) is 0.590. The van der Waals surface area contributed by atoms with E-state index in [2.05, 4.69) is 69.4 Å². The van der Waals surface area contributed by atoms with Gasteiger partial charge >= 0.3 is 0 Å². The lowest BCUT2D eigenvalue weighted by atomic mass is 9.48.